The lowest BCUT2D eigenvalue weighted by Crippen LogP contribution is -2.49. The summed E-state index contributed by atoms with van der Waals surface area (Å²) < 4.78 is 11.2. The maximum absolute atomic E-state index is 12.7. The van der Waals surface area contributed by atoms with Gasteiger partial charge in [0.25, 0.3) is 0 Å². The van der Waals surface area contributed by atoms with Gasteiger partial charge in [-0.05, 0) is 18.1 Å². The lowest BCUT2D eigenvalue weighted by Gasteiger charge is -2.35. The van der Waals surface area contributed by atoms with Crippen LogP contribution in [-0.2, 0) is 4.74 Å². The van der Waals surface area contributed by atoms with Crippen LogP contribution in [0.4, 0.5) is 4.79 Å². The van der Waals surface area contributed by atoms with Crippen LogP contribution in [0.3, 0.4) is 0 Å². The Balaban J connectivity index is 1.42. The Bertz CT molecular complexity index is 721. The fourth-order valence-electron chi connectivity index (χ4n) is 3.39. The van der Waals surface area contributed by atoms with Crippen molar-refractivity contribution in [1.29, 1.82) is 0 Å². The lowest BCUT2D eigenvalue weighted by atomic mass is 9.93. The third-order valence-corrected chi connectivity index (χ3v) is 4.72. The van der Waals surface area contributed by atoms with Crippen molar-refractivity contribution in [3.63, 3.8) is 0 Å². The second-order valence-corrected chi connectivity index (χ2v) is 6.21. The summed E-state index contributed by atoms with van der Waals surface area (Å²) in [6, 6.07) is 7.68. The van der Waals surface area contributed by atoms with E-state index in [4.69, 9.17) is 9.47 Å². The van der Waals surface area contributed by atoms with Crippen LogP contribution in [0.2, 0.25) is 0 Å². The topological polar surface area (TPSA) is 92.4 Å². The van der Waals surface area contributed by atoms with E-state index >= 15 is 0 Å². The van der Waals surface area contributed by atoms with Gasteiger partial charge in [-0.1, -0.05) is 18.2 Å². The summed E-state index contributed by atoms with van der Waals surface area (Å²) in [7, 11) is 0. The van der Waals surface area contributed by atoms with Crippen molar-refractivity contribution in [1.82, 2.24) is 25.4 Å². The van der Waals surface area contributed by atoms with Gasteiger partial charge >= 0.3 is 6.03 Å². The summed E-state index contributed by atoms with van der Waals surface area (Å²) in [6.07, 6.45) is 2.34. The van der Waals surface area contributed by atoms with Crippen LogP contribution in [0.15, 0.2) is 30.6 Å². The van der Waals surface area contributed by atoms with Crippen LogP contribution >= 0.6 is 0 Å². The number of para-hydroxylation sites is 1. The van der Waals surface area contributed by atoms with E-state index in [0.29, 0.717) is 38.7 Å². The summed E-state index contributed by atoms with van der Waals surface area (Å²) in [5, 5.41) is 9.77. The highest BCUT2D eigenvalue weighted by molar-refractivity contribution is 5.75. The van der Waals surface area contributed by atoms with E-state index in [1.54, 1.807) is 4.90 Å². The number of nitrogens with zero attached hydrogens (tertiary/aromatic N) is 3. The molecule has 132 valence electrons. The quantitative estimate of drug-likeness (QED) is 0.880. The molecule has 2 N–H and O–H groups in total. The van der Waals surface area contributed by atoms with E-state index in [1.807, 2.05) is 18.2 Å². The van der Waals surface area contributed by atoms with Crippen molar-refractivity contribution in [2.75, 3.05) is 32.9 Å². The largest absolute Gasteiger partial charge is 0.493 e. The van der Waals surface area contributed by atoms with Crippen LogP contribution in [-0.4, -0.2) is 59.0 Å². The van der Waals surface area contributed by atoms with Crippen LogP contribution in [0.25, 0.3) is 0 Å². The SMILES string of the molecule is O=C(NC[C@H]1CCOc2ccccc21)N1CCOC[C@H]1c1ncn[nH]1. The molecule has 1 fully saturated rings. The normalized spacial score (nSPS) is 22.8. The third-order valence-electron chi connectivity index (χ3n) is 4.72. The van der Waals surface area contributed by atoms with Gasteiger partial charge in [0, 0.05) is 19.0 Å². The second-order valence-electron chi connectivity index (χ2n) is 6.21. The molecule has 2 aliphatic rings. The van der Waals surface area contributed by atoms with E-state index in [9.17, 15) is 4.79 Å². The number of fused-ring (bicyclic) bond motifs is 1. The predicted octanol–water partition coefficient (Wildman–Crippen LogP) is 1.45. The highest BCUT2D eigenvalue weighted by Crippen LogP contribution is 2.32. The Labute approximate surface area is 145 Å². The van der Waals surface area contributed by atoms with Crippen molar-refractivity contribution in [3.8, 4) is 5.75 Å². The molecule has 2 aliphatic heterocycles. The number of aromatic amines is 1. The minimum Gasteiger partial charge on any atom is -0.493 e. The monoisotopic (exact) mass is 343 g/mol. The van der Waals surface area contributed by atoms with Gasteiger partial charge in [0.05, 0.1) is 19.8 Å². The lowest BCUT2D eigenvalue weighted by molar-refractivity contribution is 0.00864. The number of rotatable bonds is 3. The van der Waals surface area contributed by atoms with Gasteiger partial charge in [-0.15, -0.1) is 0 Å². The summed E-state index contributed by atoms with van der Waals surface area (Å²) in [4.78, 5) is 18.7. The third kappa shape index (κ3) is 3.30. The van der Waals surface area contributed by atoms with Crippen LogP contribution in [0.5, 0.6) is 5.75 Å². The number of hydrogen-bond donors (Lipinski definition) is 2. The first-order valence-corrected chi connectivity index (χ1v) is 8.52. The zero-order chi connectivity index (χ0) is 17.1. The van der Waals surface area contributed by atoms with Crippen molar-refractivity contribution in [2.45, 2.75) is 18.4 Å². The smallest absolute Gasteiger partial charge is 0.318 e. The summed E-state index contributed by atoms with van der Waals surface area (Å²) in [6.45, 7) is 2.73. The van der Waals surface area contributed by atoms with Crippen molar-refractivity contribution >= 4 is 6.03 Å². The maximum Gasteiger partial charge on any atom is 0.318 e. The number of hydrogen-bond acceptors (Lipinski definition) is 5. The molecule has 1 saturated heterocycles. The molecule has 8 nitrogen and oxygen atoms in total. The molecular weight excluding hydrogens is 322 g/mol. The summed E-state index contributed by atoms with van der Waals surface area (Å²) in [5.41, 5.74) is 1.16. The first-order chi connectivity index (χ1) is 12.3. The number of aromatic nitrogens is 3. The molecule has 2 aromatic rings. The van der Waals surface area contributed by atoms with E-state index in [1.165, 1.54) is 6.33 Å². The first kappa shape index (κ1) is 15.9. The minimum absolute atomic E-state index is 0.103. The fourth-order valence-corrected chi connectivity index (χ4v) is 3.39. The molecule has 0 unspecified atom stereocenters. The molecule has 0 saturated carbocycles. The van der Waals surface area contributed by atoms with Gasteiger partial charge < -0.3 is 19.7 Å². The van der Waals surface area contributed by atoms with E-state index in [0.717, 1.165) is 17.7 Å². The van der Waals surface area contributed by atoms with Crippen molar-refractivity contribution < 1.29 is 14.3 Å². The number of carbonyl (C=O) groups excluding carboxylic acids is 1. The molecule has 0 radical (unpaired) electrons. The molecule has 1 aromatic heterocycles. The van der Waals surface area contributed by atoms with Crippen molar-refractivity contribution in [2.24, 2.45) is 0 Å². The van der Waals surface area contributed by atoms with E-state index < -0.39 is 0 Å². The molecule has 0 bridgehead atoms. The molecule has 25 heavy (non-hydrogen) atoms. The molecule has 0 aliphatic carbocycles. The maximum atomic E-state index is 12.7. The second kappa shape index (κ2) is 7.10. The summed E-state index contributed by atoms with van der Waals surface area (Å²) in [5.74, 6) is 1.82. The van der Waals surface area contributed by atoms with Gasteiger partial charge in [0.2, 0.25) is 0 Å². The van der Waals surface area contributed by atoms with Gasteiger partial charge in [-0.25, -0.2) is 9.78 Å². The van der Waals surface area contributed by atoms with E-state index in [2.05, 4.69) is 26.6 Å². The van der Waals surface area contributed by atoms with Crippen LogP contribution in [0.1, 0.15) is 29.8 Å². The van der Waals surface area contributed by atoms with Crippen molar-refractivity contribution in [3.05, 3.63) is 42.0 Å². The number of ether oxygens (including phenoxy) is 2. The Kier molecular flexibility index (Phi) is 4.51. The number of benzene rings is 1. The molecule has 3 heterocycles. The zero-order valence-electron chi connectivity index (χ0n) is 13.9. The predicted molar refractivity (Wildman–Crippen MR) is 89.3 cm³/mol. The number of urea groups is 1. The van der Waals surface area contributed by atoms with Gasteiger partial charge in [-0.2, -0.15) is 5.10 Å². The Morgan fingerprint density at radius 3 is 3.16 bits per heavy atom. The first-order valence-electron chi connectivity index (χ1n) is 8.52. The molecule has 8 heteroatoms. The number of H-pyrrole nitrogens is 1. The Morgan fingerprint density at radius 2 is 2.28 bits per heavy atom. The molecule has 1 aromatic carbocycles. The fraction of sp³-hybridized carbons (Fsp3) is 0.471. The number of amides is 2. The molecule has 0 spiro atoms. The molecule has 2 atom stereocenters. The molecule has 2 amide bonds. The van der Waals surface area contributed by atoms with Crippen LogP contribution in [0, 0.1) is 0 Å². The van der Waals surface area contributed by atoms with Crippen LogP contribution < -0.4 is 10.1 Å². The Morgan fingerprint density at radius 1 is 1.36 bits per heavy atom. The number of carbonyl (C=O) groups is 1. The average Bonchev–Trinajstić information content (AvgIpc) is 3.21. The van der Waals surface area contributed by atoms with E-state index in [-0.39, 0.29) is 18.0 Å². The molecule has 4 rings (SSSR count). The number of morpholine rings is 1. The zero-order valence-corrected chi connectivity index (χ0v) is 13.9. The van der Waals surface area contributed by atoms with Gasteiger partial charge in [0.1, 0.15) is 23.9 Å². The van der Waals surface area contributed by atoms with Gasteiger partial charge in [0.15, 0.2) is 0 Å². The molecular formula is C17H21N5O3. The summed E-state index contributed by atoms with van der Waals surface area (Å²) >= 11 is 0. The Hall–Kier alpha value is -2.61. The number of nitrogens with one attached hydrogen (secondary N) is 2. The minimum atomic E-state index is -0.238. The van der Waals surface area contributed by atoms with Gasteiger partial charge in [-0.3, -0.25) is 5.10 Å². The highest BCUT2D eigenvalue weighted by atomic mass is 16.5. The highest BCUT2D eigenvalue weighted by Gasteiger charge is 2.31. The standard InChI is InChI=1S/C17H21N5O3/c23-17(22-6-8-24-10-14(22)16-19-11-20-21-16)18-9-12-5-7-25-15-4-2-1-3-13(12)15/h1-4,11-12,14H,5-10H2,(H,18,23)(H,19,20,21)/t12-,14+/m1/s1. The average molecular weight is 343 g/mol.